The van der Waals surface area contributed by atoms with Crippen LogP contribution in [-0.4, -0.2) is 11.9 Å². The third-order valence-electron chi connectivity index (χ3n) is 12.2. The van der Waals surface area contributed by atoms with Crippen LogP contribution in [0.4, 0.5) is 105 Å². The van der Waals surface area contributed by atoms with E-state index in [0.29, 0.717) is 6.54 Å². The predicted octanol–water partition coefficient (Wildman–Crippen LogP) is 15.3. The van der Waals surface area contributed by atoms with Gasteiger partial charge in [-0.25, -0.2) is 0 Å². The van der Waals surface area contributed by atoms with Gasteiger partial charge >= 0.3 is 49.4 Å². The van der Waals surface area contributed by atoms with E-state index in [1.807, 2.05) is 66.2 Å². The molecule has 1 heterocycles. The van der Waals surface area contributed by atoms with Crippen LogP contribution in [0.2, 0.25) is 0 Å². The summed E-state index contributed by atoms with van der Waals surface area (Å²) in [6.07, 6.45) is -52.8. The second-order valence-corrected chi connectivity index (χ2v) is 17.7. The first-order valence-corrected chi connectivity index (χ1v) is 21.9. The minimum absolute atomic E-state index is 0.100. The number of ketones is 1. The van der Waals surface area contributed by atoms with Crippen LogP contribution in [-0.2, 0) is 56.0 Å². The van der Waals surface area contributed by atoms with E-state index < -0.39 is 195 Å². The molecule has 0 unspecified atom stereocenters. The van der Waals surface area contributed by atoms with E-state index in [2.05, 4.69) is 18.7 Å². The second-order valence-electron chi connectivity index (χ2n) is 17.7. The van der Waals surface area contributed by atoms with E-state index in [9.17, 15) is 110 Å². The summed E-state index contributed by atoms with van der Waals surface area (Å²) < 4.78 is 343. The average Bonchev–Trinajstić information content (AvgIpc) is 3.38. The number of halogens is 24. The zero-order chi connectivity index (χ0) is 59.4. The van der Waals surface area contributed by atoms with Gasteiger partial charge in [0.25, 0.3) is 0 Å². The number of hydrogen-bond acceptors (Lipinski definition) is 1. The maximum Gasteiger partial charge on any atom is 0.416 e. The highest BCUT2D eigenvalue weighted by atomic mass is 19.4. The Labute approximate surface area is 429 Å². The molecular weight excluding hydrogens is 1120 g/mol. The minimum atomic E-state index is -6.13. The molecule has 0 N–H and O–H groups in total. The largest absolute Gasteiger partial charge is 0.416 e. The van der Waals surface area contributed by atoms with Gasteiger partial charge in [0.1, 0.15) is 6.15 Å². The number of pyridine rings is 1. The van der Waals surface area contributed by atoms with Crippen molar-refractivity contribution in [2.24, 2.45) is 0 Å². The van der Waals surface area contributed by atoms with Gasteiger partial charge in [-0.05, 0) is 42.6 Å². The van der Waals surface area contributed by atoms with Crippen molar-refractivity contribution < 1.29 is 115 Å². The van der Waals surface area contributed by atoms with Crippen molar-refractivity contribution in [3.63, 3.8) is 0 Å². The lowest BCUT2D eigenvalue weighted by Gasteiger charge is -2.46. The van der Waals surface area contributed by atoms with Gasteiger partial charge in [-0.1, -0.05) is 104 Å². The molecule has 1 aromatic heterocycles. The Hall–Kier alpha value is -7.48. The monoisotopic (exact) mass is 1150 g/mol. The fourth-order valence-electron chi connectivity index (χ4n) is 8.80. The van der Waals surface area contributed by atoms with Crippen LogP contribution in [0.5, 0.6) is 0 Å². The number of carbonyl (C=O) groups excluding carboxylic acids is 1. The molecule has 0 saturated heterocycles. The maximum absolute atomic E-state index is 14.2. The first-order chi connectivity index (χ1) is 35.9. The number of allylic oxidation sites excluding steroid dienone is 1. The second kappa shape index (κ2) is 21.0. The van der Waals surface area contributed by atoms with Crippen molar-refractivity contribution in [1.82, 2.24) is 0 Å². The fraction of sp³-hybridized carbons (Fsp3) is 0.192. The van der Waals surface area contributed by atoms with Crippen LogP contribution in [0.3, 0.4) is 0 Å². The van der Waals surface area contributed by atoms with Gasteiger partial charge in [0.15, 0.2) is 6.20 Å². The molecule has 0 saturated carbocycles. The molecule has 0 spiro atoms. The lowest BCUT2D eigenvalue weighted by atomic mass is 9.12. The van der Waals surface area contributed by atoms with Crippen molar-refractivity contribution >= 4 is 50.1 Å². The Morgan fingerprint density at radius 2 is 0.658 bits per heavy atom. The Bertz CT molecular complexity index is 2980. The van der Waals surface area contributed by atoms with Gasteiger partial charge in [0.2, 0.25) is 18.0 Å². The minimum Gasteiger partial charge on any atom is -0.287 e. The topological polar surface area (TPSA) is 20.9 Å². The van der Waals surface area contributed by atoms with Crippen LogP contribution in [0.1, 0.15) is 67.5 Å². The highest BCUT2D eigenvalue weighted by molar-refractivity contribution is 7.20. The molecule has 0 radical (unpaired) electrons. The molecule has 0 fully saturated rings. The highest BCUT2D eigenvalue weighted by Gasteiger charge is 2.47. The van der Waals surface area contributed by atoms with Crippen LogP contribution >= 0.6 is 0 Å². The summed E-state index contributed by atoms with van der Waals surface area (Å²) in [4.78, 5) is 12.5. The summed E-state index contributed by atoms with van der Waals surface area (Å²) in [7, 11) is 0. The van der Waals surface area contributed by atoms with Crippen LogP contribution in [0, 0.1) is 0 Å². The highest BCUT2D eigenvalue weighted by Crippen LogP contribution is 2.41. The van der Waals surface area contributed by atoms with E-state index in [-0.39, 0.29) is 5.78 Å². The van der Waals surface area contributed by atoms with E-state index in [1.165, 1.54) is 0 Å². The van der Waals surface area contributed by atoms with Gasteiger partial charge in [-0.15, -0.1) is 0 Å². The molecule has 2 nitrogen and oxygen atoms in total. The van der Waals surface area contributed by atoms with Crippen LogP contribution < -0.4 is 26.4 Å². The third-order valence-corrected chi connectivity index (χ3v) is 12.2. The van der Waals surface area contributed by atoms with Crippen LogP contribution in [0.25, 0.3) is 16.3 Å². The number of aromatic nitrogens is 1. The molecule has 79 heavy (non-hydrogen) atoms. The standard InChI is InChI=1S/C32H12BF24.C20H18NO/c34-25(35,36)13-1-14(26(37,38)39)6-21(5-13)33(22-7-15(27(40,41)42)2-16(8-22)28(43,44)45,23-9-17(29(46,47)48)3-18(10-23)30(49,50)51)24-11-19(31(52,53)54)4-20(12-24)32(55,56)57;1-15(2)20-18-11-7-6-8-16(18)12-13-21(20)14-19(22)17-9-4-3-5-10-17/h1-12H;3-13H,1,14H2,2H3/q-1;+1. The molecule has 7 rings (SSSR count). The summed E-state index contributed by atoms with van der Waals surface area (Å²) in [5.41, 5.74) is -27.5. The van der Waals surface area contributed by atoms with E-state index in [4.69, 9.17) is 0 Å². The summed E-state index contributed by atoms with van der Waals surface area (Å²) in [6.45, 7) is 6.38. The van der Waals surface area contributed by atoms with Gasteiger partial charge in [-0.2, -0.15) is 132 Å². The number of hydrogen-bond donors (Lipinski definition) is 0. The molecule has 0 aliphatic heterocycles. The molecule has 7 aromatic rings. The number of alkyl halides is 24. The van der Waals surface area contributed by atoms with Crippen molar-refractivity contribution in [3.05, 3.63) is 202 Å². The molecule has 0 atom stereocenters. The fourth-order valence-corrected chi connectivity index (χ4v) is 8.80. The Balaban J connectivity index is 0.000000378. The number of Topliss-reactive ketones (excluding diaryl/α,β-unsaturated/α-hetero) is 1. The van der Waals surface area contributed by atoms with E-state index in [1.54, 1.807) is 0 Å². The summed E-state index contributed by atoms with van der Waals surface area (Å²) in [5.74, 6) is 0.100. The van der Waals surface area contributed by atoms with Gasteiger partial charge < -0.3 is 0 Å². The van der Waals surface area contributed by atoms with E-state index in [0.717, 1.165) is 27.6 Å². The van der Waals surface area contributed by atoms with Crippen LogP contribution in [0.15, 0.2) is 146 Å². The predicted molar refractivity (Wildman–Crippen MR) is 240 cm³/mol. The average molecular weight is 1150 g/mol. The molecule has 0 amide bonds. The zero-order valence-electron chi connectivity index (χ0n) is 39.2. The van der Waals surface area contributed by atoms with Gasteiger partial charge in [0, 0.05) is 17.2 Å². The Kier molecular flexibility index (Phi) is 16.1. The molecule has 420 valence electrons. The van der Waals surface area contributed by atoms with E-state index >= 15 is 0 Å². The number of carbonyl (C=O) groups is 1. The zero-order valence-corrected chi connectivity index (χ0v) is 39.2. The summed E-state index contributed by atoms with van der Waals surface area (Å²) in [5, 5.41) is 2.28. The summed E-state index contributed by atoms with van der Waals surface area (Å²) in [6, 6.07) is 10.8. The van der Waals surface area contributed by atoms with Crippen molar-refractivity contribution in [2.45, 2.75) is 62.9 Å². The SMILES string of the molecule is C=C(C)c1c2ccccc2cc[n+]1CC(=O)c1ccccc1.FC(F)(F)c1cc([B-](c2cc(C(F)(F)F)cc(C(F)(F)F)c2)(c2cc(C(F)(F)F)cc(C(F)(F)F)c2)c2cc(C(F)(F)F)cc(C(F)(F)F)c2)cc(C(F)(F)F)c1. The molecule has 0 bridgehead atoms. The van der Waals surface area contributed by atoms with Gasteiger partial charge in [0.05, 0.1) is 49.9 Å². The number of rotatable bonds is 8. The number of nitrogens with zero attached hydrogens (tertiary/aromatic N) is 1. The van der Waals surface area contributed by atoms with Crippen molar-refractivity contribution in [1.29, 1.82) is 0 Å². The Morgan fingerprint density at radius 3 is 0.924 bits per heavy atom. The molecule has 6 aromatic carbocycles. The molecule has 27 heteroatoms. The quantitative estimate of drug-likeness (QED) is 0.0643. The molecule has 0 aliphatic rings. The normalized spacial score (nSPS) is 13.3. The Morgan fingerprint density at radius 1 is 0.392 bits per heavy atom. The lowest BCUT2D eigenvalue weighted by Crippen LogP contribution is -2.75. The molecular formula is C52H30BF24NO. The van der Waals surface area contributed by atoms with Crippen molar-refractivity contribution in [3.8, 4) is 0 Å². The lowest BCUT2D eigenvalue weighted by molar-refractivity contribution is -0.684. The number of fused-ring (bicyclic) bond motifs is 1. The van der Waals surface area contributed by atoms with Crippen molar-refractivity contribution in [2.75, 3.05) is 0 Å². The first kappa shape index (κ1) is 60.7. The first-order valence-electron chi connectivity index (χ1n) is 21.9. The number of benzene rings is 6. The molecule has 0 aliphatic carbocycles. The van der Waals surface area contributed by atoms with Gasteiger partial charge in [-0.3, -0.25) is 4.79 Å². The maximum atomic E-state index is 14.2. The third kappa shape index (κ3) is 13.5. The smallest absolute Gasteiger partial charge is 0.287 e. The summed E-state index contributed by atoms with van der Waals surface area (Å²) >= 11 is 0.